The highest BCUT2D eigenvalue weighted by Crippen LogP contribution is 2.29. The zero-order valence-electron chi connectivity index (χ0n) is 6.17. The van der Waals surface area contributed by atoms with Gasteiger partial charge >= 0.3 is 0 Å². The van der Waals surface area contributed by atoms with Crippen molar-refractivity contribution >= 4 is 12.1 Å². The van der Waals surface area contributed by atoms with E-state index in [1.54, 1.807) is 0 Å². The molecule has 0 aromatic rings. The van der Waals surface area contributed by atoms with Gasteiger partial charge in [-0.3, -0.25) is 4.79 Å². The van der Waals surface area contributed by atoms with Gasteiger partial charge in [-0.25, -0.2) is 0 Å². The van der Waals surface area contributed by atoms with Gasteiger partial charge in [0.15, 0.2) is 0 Å². The number of Topliss-reactive ketones (excluding diaryl/α,β-unsaturated/α-hetero) is 1. The van der Waals surface area contributed by atoms with Crippen LogP contribution in [0.15, 0.2) is 0 Å². The predicted molar refractivity (Wildman–Crippen MR) is 37.6 cm³/mol. The first-order valence-electron chi connectivity index (χ1n) is 3.75. The summed E-state index contributed by atoms with van der Waals surface area (Å²) in [5, 5.41) is 0. The molecule has 0 aromatic heterocycles. The number of carbonyl (C=O) groups is 2. The number of ketones is 1. The predicted octanol–water partition coefficient (Wildman–Crippen LogP) is 1.19. The van der Waals surface area contributed by atoms with E-state index in [0.717, 1.165) is 12.7 Å². The monoisotopic (exact) mass is 140 g/mol. The molecule has 1 fully saturated rings. The summed E-state index contributed by atoms with van der Waals surface area (Å²) in [5.41, 5.74) is 0. The van der Waals surface area contributed by atoms with Crippen LogP contribution >= 0.6 is 0 Å². The highest BCUT2D eigenvalue weighted by molar-refractivity contribution is 5.84. The van der Waals surface area contributed by atoms with Gasteiger partial charge in [0, 0.05) is 18.8 Å². The van der Waals surface area contributed by atoms with E-state index in [9.17, 15) is 9.59 Å². The molecule has 0 aromatic carbocycles. The van der Waals surface area contributed by atoms with Crippen molar-refractivity contribution < 1.29 is 9.59 Å². The Morgan fingerprint density at radius 3 is 2.70 bits per heavy atom. The molecule has 0 spiro atoms. The average Bonchev–Trinajstić information content (AvgIpc) is 2.30. The fourth-order valence-electron chi connectivity index (χ4n) is 1.56. The van der Waals surface area contributed by atoms with Crippen molar-refractivity contribution in [2.24, 2.45) is 11.8 Å². The third kappa shape index (κ3) is 1.25. The van der Waals surface area contributed by atoms with E-state index in [4.69, 9.17) is 0 Å². The van der Waals surface area contributed by atoms with Crippen LogP contribution < -0.4 is 0 Å². The summed E-state index contributed by atoms with van der Waals surface area (Å²) >= 11 is 0. The first-order chi connectivity index (χ1) is 4.77. The molecule has 10 heavy (non-hydrogen) atoms. The normalized spacial score (nSPS) is 32.7. The topological polar surface area (TPSA) is 34.1 Å². The minimum absolute atomic E-state index is 0.0255. The van der Waals surface area contributed by atoms with E-state index in [0.29, 0.717) is 18.8 Å². The highest BCUT2D eigenvalue weighted by atomic mass is 16.1. The highest BCUT2D eigenvalue weighted by Gasteiger charge is 2.30. The van der Waals surface area contributed by atoms with Crippen molar-refractivity contribution in [1.82, 2.24) is 0 Å². The lowest BCUT2D eigenvalue weighted by atomic mass is 9.95. The van der Waals surface area contributed by atoms with Crippen LogP contribution in [0.25, 0.3) is 0 Å². The lowest BCUT2D eigenvalue weighted by Gasteiger charge is -2.07. The number of aldehydes is 1. The molecule has 2 nitrogen and oxygen atoms in total. The van der Waals surface area contributed by atoms with Gasteiger partial charge in [-0.05, 0) is 5.92 Å². The second-order valence-corrected chi connectivity index (χ2v) is 2.92. The Morgan fingerprint density at radius 2 is 2.30 bits per heavy atom. The summed E-state index contributed by atoms with van der Waals surface area (Å²) < 4.78 is 0. The van der Waals surface area contributed by atoms with Gasteiger partial charge in [-0.15, -0.1) is 0 Å². The molecular formula is C8H12O2. The van der Waals surface area contributed by atoms with Gasteiger partial charge in [-0.2, -0.15) is 0 Å². The molecule has 1 saturated carbocycles. The first-order valence-corrected chi connectivity index (χ1v) is 3.75. The van der Waals surface area contributed by atoms with Crippen LogP contribution in [0.3, 0.4) is 0 Å². The summed E-state index contributed by atoms with van der Waals surface area (Å²) in [5.74, 6) is 0.617. The lowest BCUT2D eigenvalue weighted by molar-refractivity contribution is -0.119. The van der Waals surface area contributed by atoms with Crippen molar-refractivity contribution in [2.75, 3.05) is 0 Å². The van der Waals surface area contributed by atoms with Crippen molar-refractivity contribution in [3.8, 4) is 0 Å². The third-order valence-corrected chi connectivity index (χ3v) is 2.26. The van der Waals surface area contributed by atoms with Crippen molar-refractivity contribution in [1.29, 1.82) is 0 Å². The van der Waals surface area contributed by atoms with Crippen LogP contribution in [0.2, 0.25) is 0 Å². The molecule has 1 aliphatic carbocycles. The summed E-state index contributed by atoms with van der Waals surface area (Å²) in [6.07, 6.45) is 3.00. The molecule has 56 valence electrons. The Morgan fingerprint density at radius 1 is 1.60 bits per heavy atom. The largest absolute Gasteiger partial charge is 0.303 e. The van der Waals surface area contributed by atoms with Crippen molar-refractivity contribution in [3.63, 3.8) is 0 Å². The second kappa shape index (κ2) is 2.95. The third-order valence-electron chi connectivity index (χ3n) is 2.26. The van der Waals surface area contributed by atoms with Crippen LogP contribution in [0, 0.1) is 11.8 Å². The Balaban J connectivity index is 2.56. The summed E-state index contributed by atoms with van der Waals surface area (Å²) in [6, 6.07) is 0. The minimum atomic E-state index is 0.0255. The number of hydrogen-bond acceptors (Lipinski definition) is 2. The van der Waals surface area contributed by atoms with E-state index in [1.165, 1.54) is 0 Å². The fourth-order valence-corrected chi connectivity index (χ4v) is 1.56. The molecule has 0 amide bonds. The molecule has 1 rings (SSSR count). The smallest absolute Gasteiger partial charge is 0.133 e. The molecule has 2 atom stereocenters. The maximum Gasteiger partial charge on any atom is 0.133 e. The molecule has 0 heterocycles. The molecule has 2 heteroatoms. The molecule has 2 unspecified atom stereocenters. The van der Waals surface area contributed by atoms with E-state index in [2.05, 4.69) is 0 Å². The van der Waals surface area contributed by atoms with E-state index >= 15 is 0 Å². The van der Waals surface area contributed by atoms with Gasteiger partial charge in [0.1, 0.15) is 12.1 Å². The molecule has 0 radical (unpaired) electrons. The summed E-state index contributed by atoms with van der Waals surface area (Å²) in [4.78, 5) is 21.2. The van der Waals surface area contributed by atoms with Crippen LogP contribution in [0.4, 0.5) is 0 Å². The molecule has 0 N–H and O–H groups in total. The van der Waals surface area contributed by atoms with Crippen molar-refractivity contribution in [2.45, 2.75) is 26.2 Å². The van der Waals surface area contributed by atoms with Crippen LogP contribution in [-0.2, 0) is 9.59 Å². The molecule has 0 bridgehead atoms. The summed E-state index contributed by atoms with van der Waals surface area (Å²) in [6.45, 7) is 2.03. The Bertz CT molecular complexity index is 151. The van der Waals surface area contributed by atoms with Gasteiger partial charge in [0.25, 0.3) is 0 Å². The maximum absolute atomic E-state index is 10.8. The standard InChI is InChI=1S/C8H12O2/c1-2-6-3-8(10)4-7(6)5-9/h5-7H,2-4H2,1H3. The zero-order chi connectivity index (χ0) is 7.56. The van der Waals surface area contributed by atoms with E-state index in [1.807, 2.05) is 6.92 Å². The van der Waals surface area contributed by atoms with Gasteiger partial charge in [-0.1, -0.05) is 13.3 Å². The Hall–Kier alpha value is -0.660. The minimum Gasteiger partial charge on any atom is -0.303 e. The Kier molecular flexibility index (Phi) is 2.20. The number of carbonyl (C=O) groups excluding carboxylic acids is 2. The number of hydrogen-bond donors (Lipinski definition) is 0. The maximum atomic E-state index is 10.8. The quantitative estimate of drug-likeness (QED) is 0.540. The average molecular weight is 140 g/mol. The van der Waals surface area contributed by atoms with E-state index < -0.39 is 0 Å². The SMILES string of the molecule is CCC1CC(=O)CC1C=O. The number of rotatable bonds is 2. The lowest BCUT2D eigenvalue weighted by Crippen LogP contribution is -2.06. The summed E-state index contributed by atoms with van der Waals surface area (Å²) in [7, 11) is 0. The van der Waals surface area contributed by atoms with Gasteiger partial charge in [0.05, 0.1) is 0 Å². The first kappa shape index (κ1) is 7.45. The van der Waals surface area contributed by atoms with E-state index in [-0.39, 0.29) is 11.7 Å². The molecule has 0 aliphatic heterocycles. The van der Waals surface area contributed by atoms with Gasteiger partial charge in [0.2, 0.25) is 0 Å². The Labute approximate surface area is 60.6 Å². The zero-order valence-corrected chi connectivity index (χ0v) is 6.17. The molecular weight excluding hydrogens is 128 g/mol. The van der Waals surface area contributed by atoms with Crippen LogP contribution in [0.5, 0.6) is 0 Å². The van der Waals surface area contributed by atoms with Crippen LogP contribution in [-0.4, -0.2) is 12.1 Å². The molecule has 0 saturated heterocycles. The van der Waals surface area contributed by atoms with Crippen LogP contribution in [0.1, 0.15) is 26.2 Å². The fraction of sp³-hybridized carbons (Fsp3) is 0.750. The molecule has 1 aliphatic rings. The van der Waals surface area contributed by atoms with Crippen molar-refractivity contribution in [3.05, 3.63) is 0 Å². The second-order valence-electron chi connectivity index (χ2n) is 2.92. The van der Waals surface area contributed by atoms with Gasteiger partial charge < -0.3 is 4.79 Å².